The third-order valence-electron chi connectivity index (χ3n) is 4.83. The van der Waals surface area contributed by atoms with Crippen molar-refractivity contribution < 1.29 is 9.47 Å². The molecule has 6 nitrogen and oxygen atoms in total. The molecule has 0 amide bonds. The highest BCUT2D eigenvalue weighted by molar-refractivity contribution is 7.22. The lowest BCUT2D eigenvalue weighted by Crippen LogP contribution is -2.36. The molecule has 1 aliphatic heterocycles. The molecule has 28 heavy (non-hydrogen) atoms. The number of nitrogens with zero attached hydrogens (tertiary/aromatic N) is 3. The number of benzene rings is 1. The number of fused-ring (bicyclic) bond motifs is 1. The van der Waals surface area contributed by atoms with Crippen LogP contribution >= 0.6 is 22.7 Å². The van der Waals surface area contributed by atoms with Gasteiger partial charge >= 0.3 is 0 Å². The van der Waals surface area contributed by atoms with Gasteiger partial charge in [-0.3, -0.25) is 0 Å². The summed E-state index contributed by atoms with van der Waals surface area (Å²) in [5.41, 5.74) is 3.17. The molecule has 0 atom stereocenters. The lowest BCUT2D eigenvalue weighted by Gasteiger charge is -2.29. The van der Waals surface area contributed by atoms with E-state index in [0.717, 1.165) is 65.2 Å². The molecule has 144 valence electrons. The molecule has 1 saturated heterocycles. The topological polar surface area (TPSA) is 63.3 Å². The third kappa shape index (κ3) is 3.28. The third-order valence-corrected chi connectivity index (χ3v) is 6.79. The fourth-order valence-electron chi connectivity index (χ4n) is 3.45. The zero-order valence-corrected chi connectivity index (χ0v) is 17.1. The van der Waals surface area contributed by atoms with Crippen molar-refractivity contribution in [1.29, 1.82) is 0 Å². The van der Waals surface area contributed by atoms with Crippen LogP contribution < -0.4 is 9.64 Å². The Labute approximate surface area is 170 Å². The summed E-state index contributed by atoms with van der Waals surface area (Å²) in [5.74, 6) is 1.60. The van der Waals surface area contributed by atoms with Crippen LogP contribution in [0.2, 0.25) is 0 Å². The molecule has 0 unspecified atom stereocenters. The fraction of sp³-hybridized carbons (Fsp3) is 0.300. The lowest BCUT2D eigenvalue weighted by atomic mass is 10.2. The number of hydrogen-bond donors (Lipinski definition) is 1. The minimum atomic E-state index is 0.753. The largest absolute Gasteiger partial charge is 0.494 e. The van der Waals surface area contributed by atoms with Crippen molar-refractivity contribution in [2.45, 2.75) is 6.42 Å². The normalized spacial score (nSPS) is 14.7. The highest BCUT2D eigenvalue weighted by Crippen LogP contribution is 2.40. The first-order chi connectivity index (χ1) is 13.8. The highest BCUT2D eigenvalue weighted by atomic mass is 32.1. The highest BCUT2D eigenvalue weighted by Gasteiger charge is 2.20. The standard InChI is InChI=1S/C20H20N4O2S2/c1-25-16-5-4-15(24-6-8-26-9-7-24)18-17(16)23-20(28-18)19-21-12-13(22-19)11-14-3-2-10-27-14/h2-5,10,12H,6-9,11H2,1H3,(H,21,22). The van der Waals surface area contributed by atoms with E-state index in [1.807, 2.05) is 12.3 Å². The second kappa shape index (κ2) is 7.54. The number of hydrogen-bond acceptors (Lipinski definition) is 7. The zero-order valence-electron chi connectivity index (χ0n) is 15.5. The van der Waals surface area contributed by atoms with Crippen LogP contribution in [-0.2, 0) is 11.2 Å². The van der Waals surface area contributed by atoms with Crippen molar-refractivity contribution in [2.75, 3.05) is 38.3 Å². The smallest absolute Gasteiger partial charge is 0.166 e. The summed E-state index contributed by atoms with van der Waals surface area (Å²) in [6.07, 6.45) is 2.76. The molecule has 0 bridgehead atoms. The van der Waals surface area contributed by atoms with Gasteiger partial charge in [-0.25, -0.2) is 9.97 Å². The van der Waals surface area contributed by atoms with Crippen LogP contribution in [0.4, 0.5) is 5.69 Å². The van der Waals surface area contributed by atoms with E-state index in [1.165, 1.54) is 10.6 Å². The van der Waals surface area contributed by atoms with Crippen molar-refractivity contribution >= 4 is 38.6 Å². The predicted molar refractivity (Wildman–Crippen MR) is 114 cm³/mol. The zero-order chi connectivity index (χ0) is 18.9. The van der Waals surface area contributed by atoms with Gasteiger partial charge in [-0.2, -0.15) is 0 Å². The van der Waals surface area contributed by atoms with E-state index < -0.39 is 0 Å². The van der Waals surface area contributed by atoms with Crippen LogP contribution in [0.3, 0.4) is 0 Å². The minimum absolute atomic E-state index is 0.753. The monoisotopic (exact) mass is 412 g/mol. The van der Waals surface area contributed by atoms with Gasteiger partial charge < -0.3 is 19.4 Å². The summed E-state index contributed by atoms with van der Waals surface area (Å²) in [6, 6.07) is 8.34. The molecule has 1 N–H and O–H groups in total. The van der Waals surface area contributed by atoms with E-state index in [2.05, 4.69) is 38.4 Å². The van der Waals surface area contributed by atoms with Gasteiger partial charge in [0.1, 0.15) is 11.3 Å². The summed E-state index contributed by atoms with van der Waals surface area (Å²) in [4.78, 5) is 16.6. The SMILES string of the molecule is COc1ccc(N2CCOCC2)c2sc(-c3ncc(Cc4cccs4)[nH]3)nc12. The van der Waals surface area contributed by atoms with Crippen molar-refractivity contribution in [1.82, 2.24) is 15.0 Å². The van der Waals surface area contributed by atoms with Crippen molar-refractivity contribution in [3.8, 4) is 16.6 Å². The number of anilines is 1. The number of thiazole rings is 1. The Hall–Kier alpha value is -2.42. The Kier molecular flexibility index (Phi) is 4.76. The Morgan fingerprint density at radius 2 is 2.14 bits per heavy atom. The van der Waals surface area contributed by atoms with Crippen LogP contribution in [-0.4, -0.2) is 48.4 Å². The number of methoxy groups -OCH3 is 1. The molecule has 1 fully saturated rings. The van der Waals surface area contributed by atoms with E-state index >= 15 is 0 Å². The average molecular weight is 413 g/mol. The van der Waals surface area contributed by atoms with Gasteiger partial charge in [0.15, 0.2) is 10.8 Å². The summed E-state index contributed by atoms with van der Waals surface area (Å²) < 4.78 is 12.2. The number of aromatic amines is 1. The second-order valence-electron chi connectivity index (χ2n) is 6.60. The van der Waals surface area contributed by atoms with E-state index in [0.29, 0.717) is 0 Å². The van der Waals surface area contributed by atoms with Gasteiger partial charge in [0.05, 0.1) is 30.7 Å². The quantitative estimate of drug-likeness (QED) is 0.533. The fourth-order valence-corrected chi connectivity index (χ4v) is 5.25. The number of thiophene rings is 1. The number of rotatable bonds is 5. The summed E-state index contributed by atoms with van der Waals surface area (Å²) in [7, 11) is 1.69. The van der Waals surface area contributed by atoms with Crippen LogP contribution in [0.1, 0.15) is 10.6 Å². The van der Waals surface area contributed by atoms with Gasteiger partial charge in [-0.1, -0.05) is 6.07 Å². The molecule has 0 spiro atoms. The van der Waals surface area contributed by atoms with Crippen LogP contribution in [0.15, 0.2) is 35.8 Å². The number of aromatic nitrogens is 3. The molecule has 0 radical (unpaired) electrons. The maximum absolute atomic E-state index is 5.57. The molecule has 4 aromatic rings. The van der Waals surface area contributed by atoms with Gasteiger partial charge in [-0.15, -0.1) is 22.7 Å². The predicted octanol–water partition coefficient (Wildman–Crippen LogP) is 4.18. The van der Waals surface area contributed by atoms with E-state index in [-0.39, 0.29) is 0 Å². The molecular weight excluding hydrogens is 392 g/mol. The molecule has 1 aromatic carbocycles. The Bertz CT molecular complexity index is 1080. The number of nitrogens with one attached hydrogen (secondary N) is 1. The Morgan fingerprint density at radius 3 is 2.93 bits per heavy atom. The van der Waals surface area contributed by atoms with Crippen LogP contribution in [0, 0.1) is 0 Å². The summed E-state index contributed by atoms with van der Waals surface area (Å²) in [5, 5.41) is 2.98. The van der Waals surface area contributed by atoms with E-state index in [4.69, 9.17) is 14.5 Å². The summed E-state index contributed by atoms with van der Waals surface area (Å²) >= 11 is 3.41. The molecule has 3 aromatic heterocycles. The second-order valence-corrected chi connectivity index (χ2v) is 8.63. The minimum Gasteiger partial charge on any atom is -0.494 e. The number of morpholine rings is 1. The maximum atomic E-state index is 5.57. The molecule has 4 heterocycles. The van der Waals surface area contributed by atoms with Crippen LogP contribution in [0.25, 0.3) is 21.0 Å². The first-order valence-corrected chi connectivity index (χ1v) is 10.9. The molecule has 5 rings (SSSR count). The number of ether oxygens (including phenoxy) is 2. The maximum Gasteiger partial charge on any atom is 0.166 e. The molecule has 0 saturated carbocycles. The molecule has 0 aliphatic carbocycles. The first-order valence-electron chi connectivity index (χ1n) is 9.18. The van der Waals surface area contributed by atoms with Crippen LogP contribution in [0.5, 0.6) is 5.75 Å². The van der Waals surface area contributed by atoms with E-state index in [9.17, 15) is 0 Å². The van der Waals surface area contributed by atoms with Gasteiger partial charge in [0.2, 0.25) is 0 Å². The first kappa shape index (κ1) is 17.7. The van der Waals surface area contributed by atoms with Gasteiger partial charge in [0.25, 0.3) is 0 Å². The lowest BCUT2D eigenvalue weighted by molar-refractivity contribution is 0.123. The Balaban J connectivity index is 1.52. The molecule has 1 aliphatic rings. The Morgan fingerprint density at radius 1 is 1.25 bits per heavy atom. The number of imidazole rings is 1. The summed E-state index contributed by atoms with van der Waals surface area (Å²) in [6.45, 7) is 3.29. The van der Waals surface area contributed by atoms with E-state index in [1.54, 1.807) is 29.8 Å². The van der Waals surface area contributed by atoms with Gasteiger partial charge in [-0.05, 0) is 23.6 Å². The van der Waals surface area contributed by atoms with Gasteiger partial charge in [0, 0.05) is 36.3 Å². The van der Waals surface area contributed by atoms with Crippen molar-refractivity contribution in [2.24, 2.45) is 0 Å². The van der Waals surface area contributed by atoms with Crippen molar-refractivity contribution in [3.63, 3.8) is 0 Å². The molecular formula is C20H20N4O2S2. The average Bonchev–Trinajstić information content (AvgIpc) is 3.48. The molecule has 8 heteroatoms. The number of H-pyrrole nitrogens is 1. The van der Waals surface area contributed by atoms with Crippen molar-refractivity contribution in [3.05, 3.63) is 46.4 Å².